The molecule has 0 spiro atoms. The van der Waals surface area contributed by atoms with Crippen molar-refractivity contribution in [3.8, 4) is 0 Å². The summed E-state index contributed by atoms with van der Waals surface area (Å²) in [5.41, 5.74) is -0.140. The van der Waals surface area contributed by atoms with Crippen LogP contribution >= 0.6 is 11.8 Å². The molecule has 0 aromatic heterocycles. The Hall–Kier alpha value is -0.380. The summed E-state index contributed by atoms with van der Waals surface area (Å²) in [7, 11) is 0. The summed E-state index contributed by atoms with van der Waals surface area (Å²) in [4.78, 5) is 11.9. The van der Waals surface area contributed by atoms with Gasteiger partial charge in [-0.1, -0.05) is 6.92 Å². The minimum absolute atomic E-state index is 0.0127. The molecule has 1 aliphatic carbocycles. The highest BCUT2D eigenvalue weighted by Gasteiger charge is 2.58. The van der Waals surface area contributed by atoms with Gasteiger partial charge >= 0.3 is 6.09 Å². The van der Waals surface area contributed by atoms with E-state index in [0.29, 0.717) is 0 Å². The third-order valence-electron chi connectivity index (χ3n) is 3.86. The average Bonchev–Trinajstić information content (AvgIpc) is 2.78. The van der Waals surface area contributed by atoms with E-state index in [-0.39, 0.29) is 17.0 Å². The lowest BCUT2D eigenvalue weighted by Crippen LogP contribution is -2.50. The molecule has 0 bridgehead atoms. The van der Waals surface area contributed by atoms with Crippen LogP contribution < -0.4 is 5.32 Å². The number of hydrogen-bond donors (Lipinski definition) is 1. The topological polar surface area (TPSA) is 38.3 Å². The number of thioether (sulfide) groups is 1. The fourth-order valence-electron chi connectivity index (χ4n) is 2.55. The predicted octanol–water partition coefficient (Wildman–Crippen LogP) is 3.19. The number of carbonyl (C=O) groups is 1. The van der Waals surface area contributed by atoms with Crippen molar-refractivity contribution in [1.82, 2.24) is 5.32 Å². The highest BCUT2D eigenvalue weighted by Crippen LogP contribution is 2.56. The second kappa shape index (κ2) is 4.08. The molecule has 0 radical (unpaired) electrons. The Morgan fingerprint density at radius 3 is 2.35 bits per heavy atom. The molecule has 98 valence electrons. The molecule has 1 unspecified atom stereocenters. The second-order valence-corrected chi connectivity index (χ2v) is 7.68. The van der Waals surface area contributed by atoms with Crippen LogP contribution in [-0.2, 0) is 4.74 Å². The minimum atomic E-state index is -0.411. The van der Waals surface area contributed by atoms with Crippen LogP contribution in [0.1, 0.15) is 47.0 Å². The Labute approximate surface area is 108 Å². The van der Waals surface area contributed by atoms with Gasteiger partial charge in [0, 0.05) is 16.7 Å². The van der Waals surface area contributed by atoms with Crippen LogP contribution in [0.4, 0.5) is 4.79 Å². The number of carbonyl (C=O) groups excluding carboxylic acids is 1. The zero-order chi connectivity index (χ0) is 12.7. The van der Waals surface area contributed by atoms with Gasteiger partial charge in [-0.2, -0.15) is 11.8 Å². The van der Waals surface area contributed by atoms with Crippen molar-refractivity contribution < 1.29 is 9.53 Å². The number of rotatable bonds is 2. The molecule has 1 amide bonds. The molecule has 1 aliphatic heterocycles. The predicted molar refractivity (Wildman–Crippen MR) is 71.4 cm³/mol. The summed E-state index contributed by atoms with van der Waals surface area (Å²) in [6.07, 6.45) is 3.15. The minimum Gasteiger partial charge on any atom is -0.444 e. The summed E-state index contributed by atoms with van der Waals surface area (Å²) in [6, 6.07) is 0. The largest absolute Gasteiger partial charge is 0.444 e. The van der Waals surface area contributed by atoms with Gasteiger partial charge in [-0.3, -0.25) is 0 Å². The van der Waals surface area contributed by atoms with Crippen LogP contribution in [0.3, 0.4) is 0 Å². The lowest BCUT2D eigenvalue weighted by atomic mass is 9.79. The van der Waals surface area contributed by atoms with E-state index < -0.39 is 5.60 Å². The van der Waals surface area contributed by atoms with E-state index in [2.05, 4.69) is 12.2 Å². The van der Waals surface area contributed by atoms with Crippen molar-refractivity contribution in [1.29, 1.82) is 0 Å². The van der Waals surface area contributed by atoms with Crippen molar-refractivity contribution >= 4 is 17.9 Å². The van der Waals surface area contributed by atoms with Crippen molar-refractivity contribution in [2.75, 3.05) is 11.5 Å². The summed E-state index contributed by atoms with van der Waals surface area (Å²) in [5.74, 6) is 2.37. The van der Waals surface area contributed by atoms with Gasteiger partial charge in [-0.15, -0.1) is 0 Å². The Kier molecular flexibility index (Phi) is 3.13. The highest BCUT2D eigenvalue weighted by atomic mass is 32.2. The van der Waals surface area contributed by atoms with Crippen molar-refractivity contribution in [2.45, 2.75) is 58.1 Å². The summed E-state index contributed by atoms with van der Waals surface area (Å²) in [6.45, 7) is 8.01. The maximum atomic E-state index is 11.9. The van der Waals surface area contributed by atoms with Crippen LogP contribution in [0.2, 0.25) is 0 Å². The average molecular weight is 257 g/mol. The molecule has 1 N–H and O–H groups in total. The maximum Gasteiger partial charge on any atom is 0.408 e. The van der Waals surface area contributed by atoms with E-state index in [0.717, 1.165) is 18.6 Å². The first-order valence-corrected chi connectivity index (χ1v) is 7.51. The Bertz CT molecular complexity index is 312. The highest BCUT2D eigenvalue weighted by molar-refractivity contribution is 7.99. The molecular weight excluding hydrogens is 234 g/mol. The molecule has 1 saturated heterocycles. The van der Waals surface area contributed by atoms with Crippen LogP contribution in [0, 0.1) is 5.41 Å². The molecule has 4 heteroatoms. The van der Waals surface area contributed by atoms with Crippen LogP contribution in [0.5, 0.6) is 0 Å². The van der Waals surface area contributed by atoms with Gasteiger partial charge in [-0.05, 0) is 45.8 Å². The van der Waals surface area contributed by atoms with Crippen LogP contribution in [-0.4, -0.2) is 28.7 Å². The summed E-state index contributed by atoms with van der Waals surface area (Å²) < 4.78 is 5.36. The summed E-state index contributed by atoms with van der Waals surface area (Å²) >= 11 is 2.00. The molecule has 1 heterocycles. The molecule has 1 saturated carbocycles. The van der Waals surface area contributed by atoms with Crippen LogP contribution in [0.25, 0.3) is 0 Å². The first kappa shape index (κ1) is 13.1. The van der Waals surface area contributed by atoms with Gasteiger partial charge in [0.15, 0.2) is 0 Å². The van der Waals surface area contributed by atoms with E-state index in [1.165, 1.54) is 12.2 Å². The Balaban J connectivity index is 1.96. The molecule has 2 aliphatic rings. The van der Waals surface area contributed by atoms with E-state index in [9.17, 15) is 4.79 Å². The lowest BCUT2D eigenvalue weighted by molar-refractivity contribution is 0.0442. The molecule has 2 rings (SSSR count). The number of hydrogen-bond acceptors (Lipinski definition) is 3. The third kappa shape index (κ3) is 2.72. The fraction of sp³-hybridized carbons (Fsp3) is 0.923. The third-order valence-corrected chi connectivity index (χ3v) is 5.20. The smallest absolute Gasteiger partial charge is 0.408 e. The zero-order valence-corrected chi connectivity index (χ0v) is 12.1. The molecular formula is C13H23NO2S. The van der Waals surface area contributed by atoms with Crippen molar-refractivity contribution in [3.05, 3.63) is 0 Å². The standard InChI is InChI=1S/C13H23NO2S/c1-11(2,3)16-10(15)14-13(5-6-13)12(4)7-8-17-9-12/h5-9H2,1-4H3,(H,14,15). The number of amides is 1. The molecule has 3 nitrogen and oxygen atoms in total. The zero-order valence-electron chi connectivity index (χ0n) is 11.3. The fourth-order valence-corrected chi connectivity index (χ4v) is 4.16. The van der Waals surface area contributed by atoms with Gasteiger partial charge in [0.05, 0.1) is 0 Å². The normalized spacial score (nSPS) is 31.1. The monoisotopic (exact) mass is 257 g/mol. The number of ether oxygens (including phenoxy) is 1. The van der Waals surface area contributed by atoms with E-state index >= 15 is 0 Å². The Morgan fingerprint density at radius 1 is 1.29 bits per heavy atom. The quantitative estimate of drug-likeness (QED) is 0.825. The Morgan fingerprint density at radius 2 is 1.94 bits per heavy atom. The molecule has 17 heavy (non-hydrogen) atoms. The summed E-state index contributed by atoms with van der Waals surface area (Å²) in [5, 5.41) is 3.13. The molecule has 1 atom stereocenters. The number of nitrogens with one attached hydrogen (secondary N) is 1. The van der Waals surface area contributed by atoms with E-state index in [4.69, 9.17) is 4.74 Å². The van der Waals surface area contributed by atoms with Gasteiger partial charge in [-0.25, -0.2) is 4.79 Å². The van der Waals surface area contributed by atoms with Crippen molar-refractivity contribution in [2.24, 2.45) is 5.41 Å². The van der Waals surface area contributed by atoms with E-state index in [1.807, 2.05) is 32.5 Å². The van der Waals surface area contributed by atoms with Crippen LogP contribution in [0.15, 0.2) is 0 Å². The van der Waals surface area contributed by atoms with E-state index in [1.54, 1.807) is 0 Å². The van der Waals surface area contributed by atoms with Crippen molar-refractivity contribution in [3.63, 3.8) is 0 Å². The SMILES string of the molecule is CC(C)(C)OC(=O)NC1(C2(C)CCSC2)CC1. The van der Waals surface area contributed by atoms with Gasteiger partial charge < -0.3 is 10.1 Å². The number of alkyl carbamates (subject to hydrolysis) is 1. The first-order valence-electron chi connectivity index (χ1n) is 6.35. The van der Waals surface area contributed by atoms with Gasteiger partial charge in [0.25, 0.3) is 0 Å². The van der Waals surface area contributed by atoms with Gasteiger partial charge in [0.1, 0.15) is 5.60 Å². The maximum absolute atomic E-state index is 11.9. The lowest BCUT2D eigenvalue weighted by Gasteiger charge is -2.35. The molecule has 0 aromatic carbocycles. The molecule has 2 fully saturated rings. The first-order chi connectivity index (χ1) is 7.77. The molecule has 0 aromatic rings. The second-order valence-electron chi connectivity index (χ2n) is 6.57. The van der Waals surface area contributed by atoms with Gasteiger partial charge in [0.2, 0.25) is 0 Å².